The summed E-state index contributed by atoms with van der Waals surface area (Å²) in [5, 5.41) is 28.7. The van der Waals surface area contributed by atoms with Crippen LogP contribution in [0.4, 0.5) is 0 Å². The molecule has 0 amide bonds. The van der Waals surface area contributed by atoms with Crippen molar-refractivity contribution in [2.75, 3.05) is 0 Å². The number of aliphatic hydroxyl groups excluding tert-OH is 3. The smallest absolute Gasteiger partial charge is 0.178 e. The molecule has 0 saturated heterocycles. The van der Waals surface area contributed by atoms with Gasteiger partial charge in [0.15, 0.2) is 11.6 Å². The standard InChI is InChI=1S/C21H30O.C21H28O.2C11H16O.C11H14O.2CH4/c2*1-4-14-6-8-18-17-7-5-15-13-16(22)9-11-21(15,3)19(17)10-12-20(14,18)2;3*1-11-6-3-2-4-9(11)8-10(12)5-7-11;;/h4,9,11,13-14,16-19,22H,1,5-8,10,12H2,2-3H3;4,9,11,13-14,17-19H,1,5-8,10,12H2,2-3H3;2*5,7-8,10,12H,2-4,6H2,1H3;5,7-8H,2-4,6H2,1H3;2*1H4/t14-,16-,17?,18?,19?,20+,21-;14-,17?,18?,19?,20+,21-;2*10-,11-;11-;;/m00000../s1. The van der Waals surface area contributed by atoms with Crippen molar-refractivity contribution in [1.82, 2.24) is 0 Å². The molecule has 9 fully saturated rings. The van der Waals surface area contributed by atoms with Gasteiger partial charge in [-0.1, -0.05) is 189 Å². The van der Waals surface area contributed by atoms with Gasteiger partial charge >= 0.3 is 0 Å². The normalized spacial score (nSPS) is 44.6. The molecule has 6 unspecified atom stereocenters. The maximum absolute atomic E-state index is 11.8. The second-order valence-electron chi connectivity index (χ2n) is 29.6. The topological polar surface area (TPSA) is 94.8 Å². The molecule has 82 heavy (non-hydrogen) atoms. The van der Waals surface area contributed by atoms with Crippen molar-refractivity contribution in [2.24, 2.45) is 85.2 Å². The number of aliphatic hydroxyl groups is 3. The van der Waals surface area contributed by atoms with Crippen molar-refractivity contribution in [3.63, 3.8) is 0 Å². The van der Waals surface area contributed by atoms with Crippen molar-refractivity contribution in [3.8, 4) is 0 Å². The lowest BCUT2D eigenvalue weighted by molar-refractivity contribution is -0.111. The number of rotatable bonds is 2. The molecule has 18 atom stereocenters. The maximum Gasteiger partial charge on any atom is 0.178 e. The summed E-state index contributed by atoms with van der Waals surface area (Å²) < 4.78 is 0. The van der Waals surface area contributed by atoms with E-state index in [4.69, 9.17) is 0 Å². The Hall–Kier alpha value is -3.90. The zero-order valence-corrected chi connectivity index (χ0v) is 50.7. The summed E-state index contributed by atoms with van der Waals surface area (Å²) in [5.74, 6) is 6.76. The first kappa shape index (κ1) is 64.1. The van der Waals surface area contributed by atoms with Crippen LogP contribution in [0.1, 0.15) is 217 Å². The molecule has 450 valence electrons. The van der Waals surface area contributed by atoms with Crippen LogP contribution in [0.2, 0.25) is 0 Å². The fourth-order valence-electron chi connectivity index (χ4n) is 20.1. The first-order valence-corrected chi connectivity index (χ1v) is 32.5. The van der Waals surface area contributed by atoms with E-state index in [1.807, 2.05) is 48.6 Å². The Morgan fingerprint density at radius 2 is 0.805 bits per heavy atom. The molecule has 0 aromatic heterocycles. The van der Waals surface area contributed by atoms with E-state index < -0.39 is 0 Å². The van der Waals surface area contributed by atoms with Crippen LogP contribution in [-0.4, -0.2) is 45.2 Å². The van der Waals surface area contributed by atoms with Gasteiger partial charge in [0.2, 0.25) is 0 Å². The van der Waals surface area contributed by atoms with Gasteiger partial charge in [-0.15, -0.1) is 13.2 Å². The van der Waals surface area contributed by atoms with E-state index in [1.54, 1.807) is 6.08 Å². The van der Waals surface area contributed by atoms with Crippen LogP contribution in [0.15, 0.2) is 144 Å². The number of hydrogen-bond acceptors (Lipinski definition) is 5. The minimum Gasteiger partial charge on any atom is -0.385 e. The lowest BCUT2D eigenvalue weighted by Gasteiger charge is -2.57. The van der Waals surface area contributed by atoms with E-state index in [2.05, 4.69) is 110 Å². The van der Waals surface area contributed by atoms with Crippen molar-refractivity contribution in [3.05, 3.63) is 144 Å². The number of hydrogen-bond donors (Lipinski definition) is 3. The van der Waals surface area contributed by atoms with Crippen molar-refractivity contribution < 1.29 is 24.9 Å². The largest absolute Gasteiger partial charge is 0.385 e. The molecule has 0 aliphatic heterocycles. The number of fused-ring (bicyclic) bond motifs is 13. The van der Waals surface area contributed by atoms with Gasteiger partial charge in [0, 0.05) is 27.1 Å². The predicted octanol–water partition coefficient (Wildman–Crippen LogP) is 18.7. The average molecular weight is 1120 g/mol. The highest BCUT2D eigenvalue weighted by Crippen LogP contribution is 2.68. The van der Waals surface area contributed by atoms with Crippen molar-refractivity contribution in [2.45, 2.75) is 236 Å². The van der Waals surface area contributed by atoms with E-state index in [-0.39, 0.29) is 71.8 Å². The molecule has 0 bridgehead atoms. The fourth-order valence-corrected chi connectivity index (χ4v) is 20.1. The summed E-state index contributed by atoms with van der Waals surface area (Å²) in [4.78, 5) is 22.9. The second-order valence-corrected chi connectivity index (χ2v) is 29.6. The lowest BCUT2D eigenvalue weighted by Crippen LogP contribution is -2.49. The van der Waals surface area contributed by atoms with E-state index >= 15 is 0 Å². The van der Waals surface area contributed by atoms with E-state index in [0.29, 0.717) is 16.7 Å². The molecule has 0 radical (unpaired) electrons. The van der Waals surface area contributed by atoms with Crippen molar-refractivity contribution in [1.29, 1.82) is 0 Å². The SMILES string of the molecule is C.C.C=C[C@H]1CCC2C3CCC4=CC(=O)C=C[C@]4(C)C3CC[C@@]21C.C=C[C@H]1CCC2C3CCC4=C[C@@H](O)C=C[C@]4(C)C3CC[C@@]21C.C[C@]12C=CC(=O)C=C1CCCC2.C[C@]12C=C[C@H](O)C=C1CCCC2.C[C@]12C=C[C@H](O)C=C1CCCC2. The van der Waals surface area contributed by atoms with Gasteiger partial charge in [0.1, 0.15) is 0 Å². The zero-order chi connectivity index (χ0) is 56.9. The van der Waals surface area contributed by atoms with E-state index in [1.165, 1.54) is 169 Å². The van der Waals surface area contributed by atoms with Gasteiger partial charge in [-0.05, 0) is 217 Å². The molecule has 5 heteroatoms. The number of carbonyl (C=O) groups is 2. The molecule has 0 aromatic carbocycles. The molecular formula is C77H112O5. The zero-order valence-electron chi connectivity index (χ0n) is 50.7. The third-order valence-electron chi connectivity index (χ3n) is 25.3. The monoisotopic (exact) mass is 1120 g/mol. The minimum absolute atomic E-state index is 0. The summed E-state index contributed by atoms with van der Waals surface area (Å²) >= 11 is 0. The van der Waals surface area contributed by atoms with Gasteiger partial charge in [0.25, 0.3) is 0 Å². The van der Waals surface area contributed by atoms with Gasteiger partial charge in [-0.3, -0.25) is 9.59 Å². The Morgan fingerprint density at radius 3 is 1.28 bits per heavy atom. The van der Waals surface area contributed by atoms with Gasteiger partial charge in [-0.2, -0.15) is 0 Å². The summed E-state index contributed by atoms with van der Waals surface area (Å²) in [6.07, 6.45) is 64.6. The van der Waals surface area contributed by atoms with Crippen LogP contribution in [0.25, 0.3) is 0 Å². The molecule has 5 nitrogen and oxygen atoms in total. The van der Waals surface area contributed by atoms with Crippen molar-refractivity contribution >= 4 is 11.6 Å². The number of allylic oxidation sites excluding steroid dienone is 16. The van der Waals surface area contributed by atoms with Crippen LogP contribution in [-0.2, 0) is 9.59 Å². The second kappa shape index (κ2) is 25.2. The Balaban J connectivity index is 0.000000138. The van der Waals surface area contributed by atoms with Crippen LogP contribution >= 0.6 is 0 Å². The predicted molar refractivity (Wildman–Crippen MR) is 343 cm³/mol. The first-order valence-electron chi connectivity index (χ1n) is 32.5. The molecule has 0 spiro atoms. The molecule has 0 aromatic rings. The average Bonchev–Trinajstić information content (AvgIpc) is 2.34. The lowest BCUT2D eigenvalue weighted by atomic mass is 9.48. The Kier molecular flexibility index (Phi) is 19.7. The minimum atomic E-state index is -0.356. The fraction of sp³-hybridized carbons (Fsp3) is 0.662. The highest BCUT2D eigenvalue weighted by atomic mass is 16.3. The van der Waals surface area contributed by atoms with E-state index in [9.17, 15) is 24.9 Å². The Morgan fingerprint density at radius 1 is 0.415 bits per heavy atom. The highest BCUT2D eigenvalue weighted by Gasteiger charge is 2.59. The molecule has 14 aliphatic carbocycles. The summed E-state index contributed by atoms with van der Waals surface area (Å²) in [6, 6.07) is 0. The quantitative estimate of drug-likeness (QED) is 0.240. The highest BCUT2D eigenvalue weighted by molar-refractivity contribution is 6.01. The maximum atomic E-state index is 11.8. The first-order chi connectivity index (χ1) is 38.1. The molecular weight excluding hydrogens is 1000 g/mol. The Bertz CT molecular complexity index is 2650. The van der Waals surface area contributed by atoms with E-state index in [0.717, 1.165) is 54.3 Å². The van der Waals surface area contributed by atoms with Gasteiger partial charge < -0.3 is 15.3 Å². The van der Waals surface area contributed by atoms with Gasteiger partial charge in [0.05, 0.1) is 18.3 Å². The number of carbonyl (C=O) groups excluding carboxylic acids is 2. The molecule has 0 heterocycles. The summed E-state index contributed by atoms with van der Waals surface area (Å²) in [7, 11) is 0. The third kappa shape index (κ3) is 12.1. The van der Waals surface area contributed by atoms with Crippen LogP contribution in [0.3, 0.4) is 0 Å². The number of ketones is 2. The molecule has 14 rings (SSSR count). The van der Waals surface area contributed by atoms with Crippen LogP contribution < -0.4 is 0 Å². The molecule has 9 saturated carbocycles. The third-order valence-corrected chi connectivity index (χ3v) is 25.3. The Labute approximate surface area is 499 Å². The summed E-state index contributed by atoms with van der Waals surface area (Å²) in [6.45, 7) is 24.9. The molecule has 14 aliphatic rings. The summed E-state index contributed by atoms with van der Waals surface area (Å²) in [5.41, 5.74) is 9.25. The van der Waals surface area contributed by atoms with Crippen LogP contribution in [0.5, 0.6) is 0 Å². The van der Waals surface area contributed by atoms with Gasteiger partial charge in [-0.25, -0.2) is 0 Å². The molecule has 3 N–H and O–H groups in total. The van der Waals surface area contributed by atoms with Crippen LogP contribution in [0, 0.1) is 85.2 Å².